The zero-order valence-corrected chi connectivity index (χ0v) is 11.7. The van der Waals surface area contributed by atoms with E-state index in [1.807, 2.05) is 30.3 Å². The zero-order chi connectivity index (χ0) is 12.8. The van der Waals surface area contributed by atoms with Crippen LogP contribution >= 0.6 is 12.2 Å². The summed E-state index contributed by atoms with van der Waals surface area (Å²) in [6.45, 7) is 2.13. The van der Waals surface area contributed by atoms with Gasteiger partial charge in [0.25, 0.3) is 0 Å². The highest BCUT2D eigenvalue weighted by molar-refractivity contribution is 7.80. The molecule has 0 spiro atoms. The van der Waals surface area contributed by atoms with E-state index in [9.17, 15) is 0 Å². The van der Waals surface area contributed by atoms with E-state index in [0.717, 1.165) is 12.2 Å². The van der Waals surface area contributed by atoms with Crippen molar-refractivity contribution in [3.63, 3.8) is 0 Å². The predicted molar refractivity (Wildman–Crippen MR) is 80.9 cm³/mol. The third-order valence-corrected chi connectivity index (χ3v) is 3.70. The van der Waals surface area contributed by atoms with Gasteiger partial charge >= 0.3 is 0 Å². The fourth-order valence-corrected chi connectivity index (χ4v) is 2.51. The van der Waals surface area contributed by atoms with Crippen molar-refractivity contribution >= 4 is 23.0 Å². The number of benzene rings is 1. The molecule has 2 N–H and O–H groups in total. The zero-order valence-electron chi connectivity index (χ0n) is 10.9. The van der Waals surface area contributed by atoms with Gasteiger partial charge in [0, 0.05) is 18.3 Å². The van der Waals surface area contributed by atoms with E-state index in [-0.39, 0.29) is 0 Å². The van der Waals surface area contributed by atoms with Crippen LogP contribution in [0.2, 0.25) is 0 Å². The van der Waals surface area contributed by atoms with Gasteiger partial charge in [0.15, 0.2) is 5.11 Å². The number of anilines is 1. The molecule has 0 radical (unpaired) electrons. The van der Waals surface area contributed by atoms with Crippen molar-refractivity contribution in [1.29, 1.82) is 0 Å². The van der Waals surface area contributed by atoms with Crippen molar-refractivity contribution in [2.24, 2.45) is 0 Å². The highest BCUT2D eigenvalue weighted by Gasteiger charge is 2.18. The van der Waals surface area contributed by atoms with Crippen LogP contribution in [0.1, 0.15) is 19.3 Å². The van der Waals surface area contributed by atoms with Crippen molar-refractivity contribution in [2.75, 3.05) is 25.5 Å². The van der Waals surface area contributed by atoms with Crippen LogP contribution in [0.3, 0.4) is 0 Å². The Bertz CT molecular complexity index is 380. The lowest BCUT2D eigenvalue weighted by atomic mass is 10.0. The molecule has 1 aliphatic heterocycles. The third-order valence-electron chi connectivity index (χ3n) is 3.45. The minimum absolute atomic E-state index is 0.606. The Hall–Kier alpha value is -1.13. The van der Waals surface area contributed by atoms with Gasteiger partial charge in [0.1, 0.15) is 0 Å². The average molecular weight is 263 g/mol. The molecule has 18 heavy (non-hydrogen) atoms. The number of likely N-dealkylation sites (tertiary alicyclic amines) is 1. The van der Waals surface area contributed by atoms with Crippen LogP contribution in [0.5, 0.6) is 0 Å². The van der Waals surface area contributed by atoms with Crippen LogP contribution in [0.4, 0.5) is 5.69 Å². The SMILES string of the molecule is CN1CCCCC1CNC(=S)Nc1ccccc1. The second-order valence-electron chi connectivity index (χ2n) is 4.83. The smallest absolute Gasteiger partial charge is 0.170 e. The fourth-order valence-electron chi connectivity index (χ4n) is 2.31. The van der Waals surface area contributed by atoms with Crippen LogP contribution in [-0.2, 0) is 0 Å². The second kappa shape index (κ2) is 6.71. The van der Waals surface area contributed by atoms with Crippen molar-refractivity contribution in [3.05, 3.63) is 30.3 Å². The first-order valence-electron chi connectivity index (χ1n) is 6.56. The van der Waals surface area contributed by atoms with E-state index < -0.39 is 0 Å². The van der Waals surface area contributed by atoms with Gasteiger partial charge in [-0.15, -0.1) is 0 Å². The van der Waals surface area contributed by atoms with E-state index >= 15 is 0 Å². The predicted octanol–water partition coefficient (Wildman–Crippen LogP) is 2.46. The minimum atomic E-state index is 0.606. The molecule has 0 saturated carbocycles. The maximum Gasteiger partial charge on any atom is 0.170 e. The number of nitrogens with one attached hydrogen (secondary N) is 2. The summed E-state index contributed by atoms with van der Waals surface area (Å²) in [4.78, 5) is 2.42. The minimum Gasteiger partial charge on any atom is -0.361 e. The van der Waals surface area contributed by atoms with E-state index in [0.29, 0.717) is 11.2 Å². The maximum absolute atomic E-state index is 5.30. The van der Waals surface area contributed by atoms with Crippen LogP contribution in [-0.4, -0.2) is 36.2 Å². The molecular weight excluding hydrogens is 242 g/mol. The lowest BCUT2D eigenvalue weighted by Gasteiger charge is -2.32. The van der Waals surface area contributed by atoms with Gasteiger partial charge in [0.2, 0.25) is 0 Å². The van der Waals surface area contributed by atoms with Gasteiger partial charge < -0.3 is 15.5 Å². The van der Waals surface area contributed by atoms with E-state index in [2.05, 4.69) is 22.6 Å². The van der Waals surface area contributed by atoms with Gasteiger partial charge in [-0.2, -0.15) is 0 Å². The molecule has 1 fully saturated rings. The summed E-state index contributed by atoms with van der Waals surface area (Å²) in [6.07, 6.45) is 3.91. The quantitative estimate of drug-likeness (QED) is 0.819. The Morgan fingerprint density at radius 3 is 2.83 bits per heavy atom. The number of rotatable bonds is 3. The van der Waals surface area contributed by atoms with Gasteiger partial charge in [-0.25, -0.2) is 0 Å². The number of hydrogen-bond donors (Lipinski definition) is 2. The number of para-hydroxylation sites is 1. The number of piperidine rings is 1. The van der Waals surface area contributed by atoms with Gasteiger partial charge in [0.05, 0.1) is 0 Å². The standard InChI is InChI=1S/C14H21N3S/c1-17-10-6-5-9-13(17)11-15-14(18)16-12-7-3-2-4-8-12/h2-4,7-8,13H,5-6,9-11H2,1H3,(H2,15,16,18). The summed E-state index contributed by atoms with van der Waals surface area (Å²) in [6, 6.07) is 10.6. The van der Waals surface area contributed by atoms with Crippen molar-refractivity contribution < 1.29 is 0 Å². The van der Waals surface area contributed by atoms with Crippen molar-refractivity contribution in [1.82, 2.24) is 10.2 Å². The normalized spacial score (nSPS) is 20.4. The molecule has 0 aliphatic carbocycles. The molecule has 4 heteroatoms. The van der Waals surface area contributed by atoms with Crippen molar-refractivity contribution in [2.45, 2.75) is 25.3 Å². The largest absolute Gasteiger partial charge is 0.361 e. The molecule has 3 nitrogen and oxygen atoms in total. The van der Waals surface area contributed by atoms with Crippen LogP contribution in [0.25, 0.3) is 0 Å². The lowest BCUT2D eigenvalue weighted by Crippen LogP contribution is -2.45. The molecule has 1 atom stereocenters. The Labute approximate surface area is 115 Å². The van der Waals surface area contributed by atoms with E-state index in [4.69, 9.17) is 12.2 Å². The molecule has 0 bridgehead atoms. The molecule has 1 saturated heterocycles. The molecular formula is C14H21N3S. The second-order valence-corrected chi connectivity index (χ2v) is 5.24. The topological polar surface area (TPSA) is 27.3 Å². The summed E-state index contributed by atoms with van der Waals surface area (Å²) in [7, 11) is 2.19. The molecule has 1 heterocycles. The van der Waals surface area contributed by atoms with E-state index in [1.54, 1.807) is 0 Å². The summed E-state index contributed by atoms with van der Waals surface area (Å²) in [5, 5.41) is 7.22. The summed E-state index contributed by atoms with van der Waals surface area (Å²) >= 11 is 5.30. The van der Waals surface area contributed by atoms with Gasteiger partial charge in [-0.05, 0) is 50.8 Å². The number of thiocarbonyl (C=S) groups is 1. The highest BCUT2D eigenvalue weighted by atomic mass is 32.1. The first-order valence-corrected chi connectivity index (χ1v) is 6.96. The Morgan fingerprint density at radius 2 is 2.11 bits per heavy atom. The fraction of sp³-hybridized carbons (Fsp3) is 0.500. The molecule has 0 amide bonds. The molecule has 1 aliphatic rings. The molecule has 1 unspecified atom stereocenters. The lowest BCUT2D eigenvalue weighted by molar-refractivity contribution is 0.187. The highest BCUT2D eigenvalue weighted by Crippen LogP contribution is 2.14. The Balaban J connectivity index is 1.74. The average Bonchev–Trinajstić information content (AvgIpc) is 2.39. The number of nitrogens with zero attached hydrogens (tertiary/aromatic N) is 1. The maximum atomic E-state index is 5.30. The molecule has 98 valence electrons. The first-order chi connectivity index (χ1) is 8.75. The van der Waals surface area contributed by atoms with Crippen LogP contribution < -0.4 is 10.6 Å². The summed E-state index contributed by atoms with van der Waals surface area (Å²) < 4.78 is 0. The van der Waals surface area contributed by atoms with Gasteiger partial charge in [-0.3, -0.25) is 0 Å². The third kappa shape index (κ3) is 3.96. The number of likely N-dealkylation sites (N-methyl/N-ethyl adjacent to an activating group) is 1. The van der Waals surface area contributed by atoms with Crippen molar-refractivity contribution in [3.8, 4) is 0 Å². The molecule has 1 aromatic rings. The molecule has 0 aromatic heterocycles. The van der Waals surface area contributed by atoms with E-state index in [1.165, 1.54) is 25.8 Å². The summed E-state index contributed by atoms with van der Waals surface area (Å²) in [5.41, 5.74) is 1.03. The van der Waals surface area contributed by atoms with Gasteiger partial charge in [-0.1, -0.05) is 24.6 Å². The monoisotopic (exact) mass is 263 g/mol. The Morgan fingerprint density at radius 1 is 1.33 bits per heavy atom. The molecule has 1 aromatic carbocycles. The summed E-state index contributed by atoms with van der Waals surface area (Å²) in [5.74, 6) is 0. The molecule has 2 rings (SSSR count). The van der Waals surface area contributed by atoms with Crippen LogP contribution in [0.15, 0.2) is 30.3 Å². The Kier molecular flexibility index (Phi) is 4.96. The van der Waals surface area contributed by atoms with Crippen LogP contribution in [0, 0.1) is 0 Å². The first kappa shape index (κ1) is 13.3. The number of hydrogen-bond acceptors (Lipinski definition) is 2.